The van der Waals surface area contributed by atoms with Crippen LogP contribution in [0.15, 0.2) is 142 Å². The van der Waals surface area contributed by atoms with E-state index in [9.17, 15) is 0 Å². The summed E-state index contributed by atoms with van der Waals surface area (Å²) >= 11 is 1.87. The zero-order valence-corrected chi connectivity index (χ0v) is 23.7. The first-order chi connectivity index (χ1) is 21.3. The molecule has 0 saturated carbocycles. The maximum absolute atomic E-state index is 6.52. The second-order valence-electron chi connectivity index (χ2n) is 11.2. The van der Waals surface area contributed by atoms with E-state index in [1.165, 1.54) is 58.4 Å². The van der Waals surface area contributed by atoms with Gasteiger partial charge in [-0.1, -0.05) is 84.9 Å². The monoisotopic (exact) mass is 566 g/mol. The Morgan fingerprint density at radius 1 is 0.442 bits per heavy atom. The van der Waals surface area contributed by atoms with Crippen molar-refractivity contribution < 1.29 is 8.83 Å². The summed E-state index contributed by atoms with van der Waals surface area (Å²) in [4.78, 5) is 0. The average Bonchev–Trinajstić information content (AvgIpc) is 3.78. The Morgan fingerprint density at radius 3 is 1.91 bits per heavy atom. The van der Waals surface area contributed by atoms with Crippen molar-refractivity contribution in [3.05, 3.63) is 134 Å². The molecule has 43 heavy (non-hydrogen) atoms. The first kappa shape index (κ1) is 23.2. The first-order valence-corrected chi connectivity index (χ1v) is 15.3. The number of benzene rings is 7. The molecular formula is C40H22O2S. The van der Waals surface area contributed by atoms with Gasteiger partial charge in [-0.3, -0.25) is 0 Å². The SMILES string of the molecule is c1ccc2c(c1)sc1cccc(-c3c4ccccc4c(-c4ccc5c(c4)oc4c6ccoc6ccc54)c4ccccc34)c12. The molecule has 0 atom stereocenters. The molecule has 7 aromatic carbocycles. The highest BCUT2D eigenvalue weighted by Crippen LogP contribution is 2.48. The summed E-state index contributed by atoms with van der Waals surface area (Å²) in [6.07, 6.45) is 1.72. The third-order valence-corrected chi connectivity index (χ3v) is 10.1. The van der Waals surface area contributed by atoms with E-state index in [0.717, 1.165) is 38.5 Å². The Morgan fingerprint density at radius 2 is 1.12 bits per heavy atom. The molecule has 10 aromatic rings. The molecule has 0 aliphatic heterocycles. The largest absolute Gasteiger partial charge is 0.464 e. The fourth-order valence-corrected chi connectivity index (χ4v) is 8.28. The second kappa shape index (κ2) is 8.57. The van der Waals surface area contributed by atoms with Gasteiger partial charge in [-0.2, -0.15) is 0 Å². The van der Waals surface area contributed by atoms with Gasteiger partial charge in [0, 0.05) is 30.9 Å². The summed E-state index contributed by atoms with van der Waals surface area (Å²) in [7, 11) is 0. The molecule has 0 fully saturated rings. The van der Waals surface area contributed by atoms with E-state index in [-0.39, 0.29) is 0 Å². The minimum atomic E-state index is 0.841. The lowest BCUT2D eigenvalue weighted by Crippen LogP contribution is -1.91. The van der Waals surface area contributed by atoms with Gasteiger partial charge in [-0.25, -0.2) is 0 Å². The van der Waals surface area contributed by atoms with Crippen LogP contribution < -0.4 is 0 Å². The first-order valence-electron chi connectivity index (χ1n) is 14.5. The summed E-state index contributed by atoms with van der Waals surface area (Å²) in [5, 5.41) is 10.9. The van der Waals surface area contributed by atoms with E-state index >= 15 is 0 Å². The average molecular weight is 567 g/mol. The van der Waals surface area contributed by atoms with Gasteiger partial charge < -0.3 is 8.83 Å². The van der Waals surface area contributed by atoms with Crippen LogP contribution in [0.3, 0.4) is 0 Å². The standard InChI is InChI=1S/C40H22O2S/c1-3-10-27-25(8-1)37(23-16-17-24-29-18-19-33-30(20-21-41-33)40(29)42-34(24)22-23)26-9-2-4-11-28(26)38(27)32-13-7-15-36-39(32)31-12-5-6-14-35(31)43-36/h1-22H. The number of hydrogen-bond acceptors (Lipinski definition) is 3. The third-order valence-electron chi connectivity index (χ3n) is 8.96. The summed E-state index contributed by atoms with van der Waals surface area (Å²) < 4.78 is 14.8. The van der Waals surface area contributed by atoms with Gasteiger partial charge in [0.15, 0.2) is 0 Å². The zero-order valence-electron chi connectivity index (χ0n) is 22.9. The lowest BCUT2D eigenvalue weighted by Gasteiger charge is -2.18. The fraction of sp³-hybridized carbons (Fsp3) is 0. The molecule has 0 saturated heterocycles. The van der Waals surface area contributed by atoms with Crippen molar-refractivity contribution in [1.82, 2.24) is 0 Å². The maximum Gasteiger partial charge on any atom is 0.146 e. The quantitative estimate of drug-likeness (QED) is 0.195. The smallest absolute Gasteiger partial charge is 0.146 e. The van der Waals surface area contributed by atoms with Gasteiger partial charge in [-0.15, -0.1) is 11.3 Å². The number of hydrogen-bond donors (Lipinski definition) is 0. The molecule has 3 heterocycles. The molecule has 0 aliphatic carbocycles. The van der Waals surface area contributed by atoms with Crippen LogP contribution in [0.2, 0.25) is 0 Å². The summed E-state index contributed by atoms with van der Waals surface area (Å²) in [6.45, 7) is 0. The number of fused-ring (bicyclic) bond motifs is 10. The van der Waals surface area contributed by atoms with Crippen molar-refractivity contribution in [2.24, 2.45) is 0 Å². The van der Waals surface area contributed by atoms with Crippen molar-refractivity contribution in [3.63, 3.8) is 0 Å². The van der Waals surface area contributed by atoms with Crippen molar-refractivity contribution in [2.45, 2.75) is 0 Å². The second-order valence-corrected chi connectivity index (χ2v) is 12.3. The Labute approximate surface area is 250 Å². The highest BCUT2D eigenvalue weighted by molar-refractivity contribution is 7.25. The summed E-state index contributed by atoms with van der Waals surface area (Å²) in [5.74, 6) is 0. The normalized spacial score (nSPS) is 12.2. The van der Waals surface area contributed by atoms with Crippen LogP contribution in [0, 0.1) is 0 Å². The molecular weight excluding hydrogens is 545 g/mol. The van der Waals surface area contributed by atoms with E-state index in [1.54, 1.807) is 6.26 Å². The Balaban J connectivity index is 1.31. The molecule has 0 spiro atoms. The minimum Gasteiger partial charge on any atom is -0.464 e. The van der Waals surface area contributed by atoms with Crippen LogP contribution in [-0.2, 0) is 0 Å². The van der Waals surface area contributed by atoms with E-state index in [4.69, 9.17) is 8.83 Å². The van der Waals surface area contributed by atoms with Gasteiger partial charge in [-0.05, 0) is 86.3 Å². The third kappa shape index (κ3) is 3.17. The summed E-state index contributed by atoms with van der Waals surface area (Å²) in [5.41, 5.74) is 7.54. The fourth-order valence-electron chi connectivity index (χ4n) is 7.15. The van der Waals surface area contributed by atoms with Crippen molar-refractivity contribution in [2.75, 3.05) is 0 Å². The molecule has 10 rings (SSSR count). The molecule has 0 unspecified atom stereocenters. The lowest BCUT2D eigenvalue weighted by molar-refractivity contribution is 0.615. The van der Waals surface area contributed by atoms with E-state index in [2.05, 4.69) is 115 Å². The van der Waals surface area contributed by atoms with Gasteiger partial charge in [0.2, 0.25) is 0 Å². The number of rotatable bonds is 2. The topological polar surface area (TPSA) is 26.3 Å². The van der Waals surface area contributed by atoms with Crippen molar-refractivity contribution in [3.8, 4) is 22.3 Å². The highest BCUT2D eigenvalue weighted by Gasteiger charge is 2.20. The van der Waals surface area contributed by atoms with Crippen LogP contribution >= 0.6 is 11.3 Å². The van der Waals surface area contributed by atoms with Gasteiger partial charge in [0.25, 0.3) is 0 Å². The minimum absolute atomic E-state index is 0.841. The van der Waals surface area contributed by atoms with Crippen molar-refractivity contribution in [1.29, 1.82) is 0 Å². The van der Waals surface area contributed by atoms with Gasteiger partial charge in [0.1, 0.15) is 16.7 Å². The maximum atomic E-state index is 6.52. The number of furan rings is 2. The highest BCUT2D eigenvalue weighted by atomic mass is 32.1. The van der Waals surface area contributed by atoms with E-state index in [0.29, 0.717) is 0 Å². The Hall–Kier alpha value is -5.38. The predicted octanol–water partition coefficient (Wildman–Crippen LogP) is 12.3. The molecule has 2 nitrogen and oxygen atoms in total. The molecule has 0 radical (unpaired) electrons. The van der Waals surface area contributed by atoms with Crippen LogP contribution in [0.1, 0.15) is 0 Å². The van der Waals surface area contributed by atoms with Crippen molar-refractivity contribution >= 4 is 86.0 Å². The van der Waals surface area contributed by atoms with Crippen LogP contribution in [0.5, 0.6) is 0 Å². The Bertz CT molecular complexity index is 2680. The lowest BCUT2D eigenvalue weighted by atomic mass is 9.85. The molecule has 200 valence electrons. The molecule has 3 heteroatoms. The summed E-state index contributed by atoms with van der Waals surface area (Å²) in [6, 6.07) is 46.0. The molecule has 0 N–H and O–H groups in total. The molecule has 0 amide bonds. The Kier molecular flexibility index (Phi) is 4.63. The van der Waals surface area contributed by atoms with Crippen LogP contribution in [0.4, 0.5) is 0 Å². The van der Waals surface area contributed by atoms with Gasteiger partial charge in [0.05, 0.1) is 11.6 Å². The van der Waals surface area contributed by atoms with Crippen LogP contribution in [0.25, 0.3) is 96.9 Å². The number of thiophene rings is 1. The van der Waals surface area contributed by atoms with Crippen LogP contribution in [-0.4, -0.2) is 0 Å². The van der Waals surface area contributed by atoms with E-state index in [1.807, 2.05) is 23.5 Å². The van der Waals surface area contributed by atoms with Gasteiger partial charge >= 0.3 is 0 Å². The predicted molar refractivity (Wildman–Crippen MR) is 182 cm³/mol. The molecule has 0 bridgehead atoms. The zero-order chi connectivity index (χ0) is 28.1. The van der Waals surface area contributed by atoms with E-state index < -0.39 is 0 Å². The molecule has 3 aromatic heterocycles. The molecule has 0 aliphatic rings.